The van der Waals surface area contributed by atoms with Crippen molar-refractivity contribution in [3.05, 3.63) is 82.8 Å². The molecule has 0 aromatic heterocycles. The van der Waals surface area contributed by atoms with Crippen LogP contribution in [0.4, 0.5) is 5.69 Å². The molecular weight excluding hydrogens is 622 g/mol. The minimum absolute atomic E-state index is 0.0188. The Hall–Kier alpha value is -3.57. The zero-order valence-corrected chi connectivity index (χ0v) is 27.2. The molecule has 1 atom stereocenters. The van der Waals surface area contributed by atoms with Gasteiger partial charge in [0.25, 0.3) is 10.0 Å². The van der Waals surface area contributed by atoms with E-state index in [-0.39, 0.29) is 23.0 Å². The maximum absolute atomic E-state index is 14.1. The van der Waals surface area contributed by atoms with Gasteiger partial charge in [0, 0.05) is 16.6 Å². The van der Waals surface area contributed by atoms with E-state index in [0.717, 1.165) is 9.87 Å². The van der Waals surface area contributed by atoms with Crippen LogP contribution in [0.5, 0.6) is 11.5 Å². The fourth-order valence-electron chi connectivity index (χ4n) is 4.16. The number of hydrogen-bond donors (Lipinski definition) is 1. The SMILES string of the molecule is CCOc1ccc(N(CC(=O)N(Cc2cccc(OC)c2)C(C)C(=O)NC(C)(C)C)S(=O)(=O)c2ccc(Br)cc2)cc1. The van der Waals surface area contributed by atoms with Crippen molar-refractivity contribution in [1.82, 2.24) is 10.2 Å². The number of nitrogens with one attached hydrogen (secondary N) is 1. The van der Waals surface area contributed by atoms with E-state index in [0.29, 0.717) is 22.6 Å². The number of benzene rings is 3. The summed E-state index contributed by atoms with van der Waals surface area (Å²) in [5.41, 5.74) is 0.472. The van der Waals surface area contributed by atoms with Gasteiger partial charge in [0.05, 0.1) is 24.3 Å². The van der Waals surface area contributed by atoms with Crippen molar-refractivity contribution in [2.24, 2.45) is 0 Å². The average molecular weight is 661 g/mol. The van der Waals surface area contributed by atoms with E-state index in [1.165, 1.54) is 17.0 Å². The Morgan fingerprint density at radius 1 is 0.976 bits per heavy atom. The fraction of sp³-hybridized carbons (Fsp3) is 0.355. The molecule has 0 aliphatic heterocycles. The fourth-order valence-corrected chi connectivity index (χ4v) is 5.84. The Morgan fingerprint density at radius 2 is 1.62 bits per heavy atom. The normalized spacial score (nSPS) is 12.3. The van der Waals surface area contributed by atoms with Gasteiger partial charge >= 0.3 is 0 Å². The molecule has 0 saturated carbocycles. The maximum Gasteiger partial charge on any atom is 0.264 e. The van der Waals surface area contributed by atoms with Crippen molar-refractivity contribution < 1.29 is 27.5 Å². The van der Waals surface area contributed by atoms with Gasteiger partial charge in [0.2, 0.25) is 11.8 Å². The quantitative estimate of drug-likeness (QED) is 0.280. The molecule has 42 heavy (non-hydrogen) atoms. The summed E-state index contributed by atoms with van der Waals surface area (Å²) in [6.45, 7) is 9.01. The molecule has 3 aromatic carbocycles. The van der Waals surface area contributed by atoms with E-state index in [4.69, 9.17) is 9.47 Å². The number of rotatable bonds is 12. The van der Waals surface area contributed by atoms with E-state index >= 15 is 0 Å². The summed E-state index contributed by atoms with van der Waals surface area (Å²) in [7, 11) is -2.63. The molecule has 0 saturated heterocycles. The number of sulfonamides is 1. The first kappa shape index (κ1) is 32.9. The molecular formula is C31H38BrN3O6S. The molecule has 9 nitrogen and oxygen atoms in total. The van der Waals surface area contributed by atoms with Gasteiger partial charge in [0.15, 0.2) is 0 Å². The number of carbonyl (C=O) groups is 2. The standard InChI is InChI=1S/C31H38BrN3O6S/c1-7-41-26-15-13-25(14-16-26)35(42(38,39)28-17-11-24(32)12-18-28)21-29(36)34(22(2)30(37)33-31(3,4)5)20-23-9-8-10-27(19-23)40-6/h8-19,22H,7,20-21H2,1-6H3,(H,33,37). The number of nitrogens with zero attached hydrogens (tertiary/aromatic N) is 2. The molecule has 3 rings (SSSR count). The lowest BCUT2D eigenvalue weighted by Gasteiger charge is -2.33. The largest absolute Gasteiger partial charge is 0.497 e. The van der Waals surface area contributed by atoms with E-state index in [9.17, 15) is 18.0 Å². The smallest absolute Gasteiger partial charge is 0.264 e. The van der Waals surface area contributed by atoms with Crippen molar-refractivity contribution in [1.29, 1.82) is 0 Å². The monoisotopic (exact) mass is 659 g/mol. The van der Waals surface area contributed by atoms with Crippen LogP contribution in [-0.2, 0) is 26.2 Å². The highest BCUT2D eigenvalue weighted by atomic mass is 79.9. The molecule has 3 aromatic rings. The summed E-state index contributed by atoms with van der Waals surface area (Å²) in [5, 5.41) is 2.92. The van der Waals surface area contributed by atoms with Gasteiger partial charge in [-0.15, -0.1) is 0 Å². The number of ether oxygens (including phenoxy) is 2. The van der Waals surface area contributed by atoms with Crippen LogP contribution in [0.3, 0.4) is 0 Å². The molecule has 2 amide bonds. The third kappa shape index (κ3) is 8.72. The summed E-state index contributed by atoms with van der Waals surface area (Å²) in [5.74, 6) is 0.257. The second-order valence-corrected chi connectivity index (χ2v) is 13.5. The number of halogens is 1. The van der Waals surface area contributed by atoms with Gasteiger partial charge in [-0.2, -0.15) is 0 Å². The highest BCUT2D eigenvalue weighted by Gasteiger charge is 2.33. The van der Waals surface area contributed by atoms with E-state index in [1.54, 1.807) is 68.6 Å². The van der Waals surface area contributed by atoms with Crippen LogP contribution in [0.1, 0.15) is 40.2 Å². The molecule has 11 heteroatoms. The zero-order valence-electron chi connectivity index (χ0n) is 24.8. The highest BCUT2D eigenvalue weighted by molar-refractivity contribution is 9.10. The summed E-state index contributed by atoms with van der Waals surface area (Å²) in [6, 6.07) is 19.0. The van der Waals surface area contributed by atoms with Crippen LogP contribution in [0, 0.1) is 0 Å². The van der Waals surface area contributed by atoms with Crippen LogP contribution < -0.4 is 19.1 Å². The van der Waals surface area contributed by atoms with Gasteiger partial charge in [-0.25, -0.2) is 8.42 Å². The lowest BCUT2D eigenvalue weighted by molar-refractivity contribution is -0.140. The maximum atomic E-state index is 14.1. The average Bonchev–Trinajstić information content (AvgIpc) is 2.94. The lowest BCUT2D eigenvalue weighted by atomic mass is 10.1. The Kier molecular flexibility index (Phi) is 11.0. The van der Waals surface area contributed by atoms with Crippen molar-refractivity contribution in [2.75, 3.05) is 24.6 Å². The van der Waals surface area contributed by atoms with Crippen LogP contribution in [-0.4, -0.2) is 57.0 Å². The van der Waals surface area contributed by atoms with E-state index in [1.807, 2.05) is 33.8 Å². The molecule has 0 spiro atoms. The van der Waals surface area contributed by atoms with Gasteiger partial charge in [-0.3, -0.25) is 13.9 Å². The molecule has 0 bridgehead atoms. The van der Waals surface area contributed by atoms with Crippen molar-refractivity contribution in [3.8, 4) is 11.5 Å². The predicted molar refractivity (Wildman–Crippen MR) is 167 cm³/mol. The summed E-state index contributed by atoms with van der Waals surface area (Å²) < 4.78 is 40.6. The first-order chi connectivity index (χ1) is 19.7. The zero-order chi connectivity index (χ0) is 31.1. The third-order valence-corrected chi connectivity index (χ3v) is 8.59. The van der Waals surface area contributed by atoms with Crippen LogP contribution in [0.15, 0.2) is 82.2 Å². The Labute approximate surface area is 257 Å². The Balaban J connectivity index is 2.05. The number of hydrogen-bond acceptors (Lipinski definition) is 6. The van der Waals surface area contributed by atoms with E-state index < -0.39 is 34.1 Å². The van der Waals surface area contributed by atoms with Gasteiger partial charge in [-0.1, -0.05) is 28.1 Å². The molecule has 0 heterocycles. The summed E-state index contributed by atoms with van der Waals surface area (Å²) in [4.78, 5) is 28.7. The first-order valence-electron chi connectivity index (χ1n) is 13.5. The third-order valence-electron chi connectivity index (χ3n) is 6.27. The van der Waals surface area contributed by atoms with Crippen molar-refractivity contribution >= 4 is 43.5 Å². The van der Waals surface area contributed by atoms with Crippen LogP contribution in [0.2, 0.25) is 0 Å². The molecule has 0 aliphatic carbocycles. The molecule has 0 radical (unpaired) electrons. The van der Waals surface area contributed by atoms with Gasteiger partial charge in [-0.05, 0) is 101 Å². The van der Waals surface area contributed by atoms with Gasteiger partial charge < -0.3 is 19.7 Å². The number of methoxy groups -OCH3 is 1. The molecule has 1 unspecified atom stereocenters. The van der Waals surface area contributed by atoms with Crippen molar-refractivity contribution in [3.63, 3.8) is 0 Å². The minimum Gasteiger partial charge on any atom is -0.497 e. The number of carbonyl (C=O) groups excluding carboxylic acids is 2. The molecule has 226 valence electrons. The summed E-state index contributed by atoms with van der Waals surface area (Å²) in [6.07, 6.45) is 0. The van der Waals surface area contributed by atoms with E-state index in [2.05, 4.69) is 21.2 Å². The highest BCUT2D eigenvalue weighted by Crippen LogP contribution is 2.27. The van der Waals surface area contributed by atoms with Crippen molar-refractivity contribution in [2.45, 2.75) is 57.6 Å². The topological polar surface area (TPSA) is 105 Å². The predicted octanol–water partition coefficient (Wildman–Crippen LogP) is 5.38. The number of amides is 2. The molecule has 1 N–H and O–H groups in total. The van der Waals surface area contributed by atoms with Gasteiger partial charge in [0.1, 0.15) is 24.1 Å². The second-order valence-electron chi connectivity index (χ2n) is 10.7. The molecule has 0 aliphatic rings. The Bertz CT molecular complexity index is 1470. The molecule has 0 fully saturated rings. The second kappa shape index (κ2) is 14.1. The first-order valence-corrected chi connectivity index (χ1v) is 15.7. The van der Waals surface area contributed by atoms with Crippen LogP contribution >= 0.6 is 15.9 Å². The lowest BCUT2D eigenvalue weighted by Crippen LogP contribution is -2.54. The Morgan fingerprint density at radius 3 is 2.19 bits per heavy atom. The minimum atomic E-state index is -4.18. The van der Waals surface area contributed by atoms with Crippen LogP contribution in [0.25, 0.3) is 0 Å². The number of anilines is 1. The summed E-state index contributed by atoms with van der Waals surface area (Å²) >= 11 is 3.34.